The van der Waals surface area contributed by atoms with Gasteiger partial charge in [0.05, 0.1) is 5.56 Å². The van der Waals surface area contributed by atoms with Crippen molar-refractivity contribution in [2.24, 2.45) is 5.73 Å². The van der Waals surface area contributed by atoms with Gasteiger partial charge < -0.3 is 11.5 Å². The molecule has 1 aromatic rings. The second-order valence-corrected chi connectivity index (χ2v) is 2.00. The average Bonchev–Trinajstić information content (AvgIpc) is 1.85. The third-order valence-corrected chi connectivity index (χ3v) is 1.28. The molecule has 6 heteroatoms. The summed E-state index contributed by atoms with van der Waals surface area (Å²) >= 11 is 0. The molecule has 6 N–H and O–H groups in total. The molecule has 0 fully saturated rings. The molecular formula is C5H8N4O2. The number of aromatic nitrogens is 2. The number of nitrogens with one attached hydrogen (secondary N) is 2. The Morgan fingerprint density at radius 2 is 1.91 bits per heavy atom. The first-order valence-electron chi connectivity index (χ1n) is 2.96. The number of nitrogen functional groups attached to an aromatic ring is 1. The summed E-state index contributed by atoms with van der Waals surface area (Å²) in [5.74, 6) is 0.0289. The lowest BCUT2D eigenvalue weighted by atomic mass is 10.3. The number of nitrogens with two attached hydrogens (primary N) is 2. The number of hydrogen-bond donors (Lipinski definition) is 4. The zero-order chi connectivity index (χ0) is 8.43. The number of anilines is 1. The number of rotatable bonds is 1. The normalized spacial score (nSPS) is 9.91. The summed E-state index contributed by atoms with van der Waals surface area (Å²) in [6.45, 7) is 0.0119. The van der Waals surface area contributed by atoms with E-state index in [0.717, 1.165) is 0 Å². The standard InChI is InChI=1S/C5H8N4O2/c6-1-2-3(7)8-5(11)9-4(2)10/h1,6H2,(H4,7,8,9,10,11). The highest BCUT2D eigenvalue weighted by atomic mass is 16.2. The minimum absolute atomic E-state index is 0.0119. The third kappa shape index (κ3) is 1.30. The molecule has 0 amide bonds. The summed E-state index contributed by atoms with van der Waals surface area (Å²) in [4.78, 5) is 25.6. The van der Waals surface area contributed by atoms with Crippen LogP contribution >= 0.6 is 0 Å². The first kappa shape index (κ1) is 7.55. The van der Waals surface area contributed by atoms with Crippen LogP contribution in [0.4, 0.5) is 5.82 Å². The van der Waals surface area contributed by atoms with E-state index in [4.69, 9.17) is 11.5 Å². The Morgan fingerprint density at radius 1 is 1.27 bits per heavy atom. The second kappa shape index (κ2) is 2.59. The van der Waals surface area contributed by atoms with Crippen LogP contribution in [0.1, 0.15) is 5.56 Å². The van der Waals surface area contributed by atoms with E-state index < -0.39 is 11.2 Å². The lowest BCUT2D eigenvalue weighted by Gasteiger charge is -1.97. The Hall–Kier alpha value is -1.56. The molecule has 1 heterocycles. The van der Waals surface area contributed by atoms with Crippen LogP contribution < -0.4 is 22.7 Å². The summed E-state index contributed by atoms with van der Waals surface area (Å²) in [6, 6.07) is 0. The molecule has 0 unspecified atom stereocenters. The second-order valence-electron chi connectivity index (χ2n) is 2.00. The quantitative estimate of drug-likeness (QED) is 0.380. The van der Waals surface area contributed by atoms with Crippen molar-refractivity contribution in [3.05, 3.63) is 26.4 Å². The van der Waals surface area contributed by atoms with E-state index in [-0.39, 0.29) is 17.9 Å². The summed E-state index contributed by atoms with van der Waals surface area (Å²) in [6.07, 6.45) is 0. The minimum Gasteiger partial charge on any atom is -0.385 e. The highest BCUT2D eigenvalue weighted by Gasteiger charge is 2.02. The van der Waals surface area contributed by atoms with Gasteiger partial charge in [-0.3, -0.25) is 14.8 Å². The van der Waals surface area contributed by atoms with E-state index in [1.54, 1.807) is 0 Å². The van der Waals surface area contributed by atoms with Gasteiger partial charge in [-0.1, -0.05) is 0 Å². The van der Waals surface area contributed by atoms with Crippen molar-refractivity contribution >= 4 is 5.82 Å². The smallest absolute Gasteiger partial charge is 0.327 e. The Kier molecular flexibility index (Phi) is 1.77. The predicted molar refractivity (Wildman–Crippen MR) is 40.0 cm³/mol. The van der Waals surface area contributed by atoms with E-state index in [1.807, 2.05) is 4.98 Å². The van der Waals surface area contributed by atoms with Gasteiger partial charge in [0.25, 0.3) is 5.56 Å². The van der Waals surface area contributed by atoms with Crippen LogP contribution in [0.3, 0.4) is 0 Å². The molecular weight excluding hydrogens is 148 g/mol. The first-order valence-corrected chi connectivity index (χ1v) is 2.96. The zero-order valence-corrected chi connectivity index (χ0v) is 5.68. The molecule has 0 radical (unpaired) electrons. The van der Waals surface area contributed by atoms with Crippen molar-refractivity contribution in [3.8, 4) is 0 Å². The topological polar surface area (TPSA) is 118 Å². The Bertz CT molecular complexity index is 363. The zero-order valence-electron chi connectivity index (χ0n) is 5.68. The SMILES string of the molecule is NCc1c(N)[nH]c(=O)[nH]c1=O. The predicted octanol–water partition coefficient (Wildman–Crippen LogP) is -1.90. The molecule has 60 valence electrons. The van der Waals surface area contributed by atoms with Crippen molar-refractivity contribution in [1.82, 2.24) is 9.97 Å². The fourth-order valence-corrected chi connectivity index (χ4v) is 0.733. The molecule has 1 rings (SSSR count). The molecule has 0 atom stereocenters. The monoisotopic (exact) mass is 156 g/mol. The van der Waals surface area contributed by atoms with E-state index >= 15 is 0 Å². The molecule has 0 bridgehead atoms. The molecule has 0 aliphatic carbocycles. The van der Waals surface area contributed by atoms with Crippen molar-refractivity contribution in [3.63, 3.8) is 0 Å². The third-order valence-electron chi connectivity index (χ3n) is 1.28. The number of H-pyrrole nitrogens is 2. The van der Waals surface area contributed by atoms with Gasteiger partial charge in [0, 0.05) is 6.54 Å². The van der Waals surface area contributed by atoms with Crippen LogP contribution in [0.25, 0.3) is 0 Å². The lowest BCUT2D eigenvalue weighted by Crippen LogP contribution is -2.28. The van der Waals surface area contributed by atoms with Crippen LogP contribution in [0, 0.1) is 0 Å². The molecule has 11 heavy (non-hydrogen) atoms. The molecule has 6 nitrogen and oxygen atoms in total. The molecule has 1 aromatic heterocycles. The van der Waals surface area contributed by atoms with E-state index in [1.165, 1.54) is 0 Å². The summed E-state index contributed by atoms with van der Waals surface area (Å²) in [5.41, 5.74) is 9.50. The Labute approximate surface area is 61.2 Å². The number of aromatic amines is 2. The van der Waals surface area contributed by atoms with Gasteiger partial charge in [0.2, 0.25) is 0 Å². The van der Waals surface area contributed by atoms with Gasteiger partial charge in [-0.15, -0.1) is 0 Å². The molecule has 0 saturated heterocycles. The van der Waals surface area contributed by atoms with Crippen LogP contribution in [-0.2, 0) is 6.54 Å². The van der Waals surface area contributed by atoms with Gasteiger partial charge >= 0.3 is 5.69 Å². The van der Waals surface area contributed by atoms with Crippen LogP contribution in [0.2, 0.25) is 0 Å². The fourth-order valence-electron chi connectivity index (χ4n) is 0.733. The van der Waals surface area contributed by atoms with Gasteiger partial charge in [0.15, 0.2) is 0 Å². The lowest BCUT2D eigenvalue weighted by molar-refractivity contribution is 0.951. The molecule has 0 aliphatic heterocycles. The van der Waals surface area contributed by atoms with Crippen molar-refractivity contribution in [2.45, 2.75) is 6.54 Å². The van der Waals surface area contributed by atoms with Crippen molar-refractivity contribution in [2.75, 3.05) is 5.73 Å². The molecule has 0 aliphatic rings. The maximum absolute atomic E-state index is 10.9. The van der Waals surface area contributed by atoms with Gasteiger partial charge in [0.1, 0.15) is 5.82 Å². The first-order chi connectivity index (χ1) is 5.15. The fraction of sp³-hybridized carbons (Fsp3) is 0.200. The van der Waals surface area contributed by atoms with Crippen LogP contribution in [0.15, 0.2) is 9.59 Å². The van der Waals surface area contributed by atoms with E-state index in [9.17, 15) is 9.59 Å². The largest absolute Gasteiger partial charge is 0.385 e. The molecule has 0 aromatic carbocycles. The molecule has 0 spiro atoms. The van der Waals surface area contributed by atoms with Gasteiger partial charge in [-0.2, -0.15) is 0 Å². The number of hydrogen-bond acceptors (Lipinski definition) is 4. The highest BCUT2D eigenvalue weighted by molar-refractivity contribution is 5.35. The molecule has 0 saturated carbocycles. The van der Waals surface area contributed by atoms with Crippen LogP contribution in [0.5, 0.6) is 0 Å². The van der Waals surface area contributed by atoms with Gasteiger partial charge in [-0.05, 0) is 0 Å². The summed E-state index contributed by atoms with van der Waals surface area (Å²) < 4.78 is 0. The van der Waals surface area contributed by atoms with E-state index in [2.05, 4.69) is 4.98 Å². The summed E-state index contributed by atoms with van der Waals surface area (Å²) in [5, 5.41) is 0. The Morgan fingerprint density at radius 3 is 2.36 bits per heavy atom. The average molecular weight is 156 g/mol. The van der Waals surface area contributed by atoms with E-state index in [0.29, 0.717) is 0 Å². The highest BCUT2D eigenvalue weighted by Crippen LogP contribution is 1.94. The summed E-state index contributed by atoms with van der Waals surface area (Å²) in [7, 11) is 0. The van der Waals surface area contributed by atoms with Crippen molar-refractivity contribution in [1.29, 1.82) is 0 Å². The van der Waals surface area contributed by atoms with Crippen molar-refractivity contribution < 1.29 is 0 Å². The Balaban J connectivity index is 3.49. The maximum atomic E-state index is 10.9. The van der Waals surface area contributed by atoms with Crippen LogP contribution in [-0.4, -0.2) is 9.97 Å². The maximum Gasteiger partial charge on any atom is 0.327 e. The van der Waals surface area contributed by atoms with Gasteiger partial charge in [-0.25, -0.2) is 4.79 Å². The minimum atomic E-state index is -0.621.